The van der Waals surface area contributed by atoms with Gasteiger partial charge in [-0.1, -0.05) is 30.7 Å². The van der Waals surface area contributed by atoms with Crippen molar-refractivity contribution < 1.29 is 9.21 Å². The molecule has 1 aromatic heterocycles. The number of carbonyl (C=O) groups excluding carboxylic acids is 1. The Bertz CT molecular complexity index is 670. The Morgan fingerprint density at radius 1 is 1.30 bits per heavy atom. The summed E-state index contributed by atoms with van der Waals surface area (Å²) in [5.74, 6) is 1.76. The third kappa shape index (κ3) is 2.17. The monoisotopic (exact) mass is 269 g/mol. The van der Waals surface area contributed by atoms with E-state index in [0.29, 0.717) is 18.0 Å². The highest BCUT2D eigenvalue weighted by Gasteiger charge is 2.31. The molecule has 1 atom stereocenters. The third-order valence-corrected chi connectivity index (χ3v) is 4.04. The molecule has 0 N–H and O–H groups in total. The lowest BCUT2D eigenvalue weighted by Crippen LogP contribution is -2.18. The van der Waals surface area contributed by atoms with E-state index in [1.165, 1.54) is 16.7 Å². The van der Waals surface area contributed by atoms with Crippen molar-refractivity contribution in [2.24, 2.45) is 0 Å². The summed E-state index contributed by atoms with van der Waals surface area (Å²) >= 11 is 0. The first-order valence-corrected chi connectivity index (χ1v) is 7.17. The molecule has 0 fully saturated rings. The van der Waals surface area contributed by atoms with Gasteiger partial charge in [-0.25, -0.2) is 4.98 Å². The first kappa shape index (κ1) is 13.1. The summed E-state index contributed by atoms with van der Waals surface area (Å²) < 4.78 is 5.71. The molecule has 0 radical (unpaired) electrons. The maximum Gasteiger partial charge on any atom is 0.194 e. The predicted octanol–water partition coefficient (Wildman–Crippen LogP) is 3.77. The first-order valence-electron chi connectivity index (χ1n) is 7.17. The van der Waals surface area contributed by atoms with E-state index >= 15 is 0 Å². The maximum absolute atomic E-state index is 12.3. The van der Waals surface area contributed by atoms with Gasteiger partial charge in [-0.05, 0) is 30.9 Å². The molecule has 0 unspecified atom stereocenters. The second-order valence-electron chi connectivity index (χ2n) is 5.62. The molecule has 3 heteroatoms. The van der Waals surface area contributed by atoms with E-state index in [1.54, 1.807) is 0 Å². The molecule has 0 saturated carbocycles. The lowest BCUT2D eigenvalue weighted by atomic mass is 9.82. The minimum Gasteiger partial charge on any atom is -0.445 e. The molecule has 3 rings (SSSR count). The summed E-state index contributed by atoms with van der Waals surface area (Å²) in [4.78, 5) is 16.6. The van der Waals surface area contributed by atoms with Crippen LogP contribution in [0.25, 0.3) is 0 Å². The molecule has 0 aliphatic heterocycles. The zero-order valence-corrected chi connectivity index (χ0v) is 12.2. The van der Waals surface area contributed by atoms with Crippen LogP contribution in [0.4, 0.5) is 0 Å². The van der Waals surface area contributed by atoms with Crippen LogP contribution in [0.2, 0.25) is 0 Å². The standard InChI is InChI=1S/C17H19NO2/c1-4-16-18-17-14(19)8-12(9-15(17)20-16)13-6-5-10(2)7-11(13)3/h5-7,12H,4,8-9H2,1-3H3/t12-/m1/s1. The average molecular weight is 269 g/mol. The van der Waals surface area contributed by atoms with Crippen LogP contribution in [0, 0.1) is 13.8 Å². The molecule has 0 amide bonds. The Hall–Kier alpha value is -1.90. The number of ketones is 1. The van der Waals surface area contributed by atoms with Crippen molar-refractivity contribution in [3.8, 4) is 0 Å². The number of hydrogen-bond acceptors (Lipinski definition) is 3. The Balaban J connectivity index is 1.96. The summed E-state index contributed by atoms with van der Waals surface area (Å²) in [7, 11) is 0. The van der Waals surface area contributed by atoms with E-state index in [1.807, 2.05) is 6.92 Å². The predicted molar refractivity (Wildman–Crippen MR) is 77.2 cm³/mol. The van der Waals surface area contributed by atoms with Crippen molar-refractivity contribution in [3.63, 3.8) is 0 Å². The van der Waals surface area contributed by atoms with Crippen molar-refractivity contribution in [1.82, 2.24) is 4.98 Å². The van der Waals surface area contributed by atoms with E-state index in [9.17, 15) is 4.79 Å². The fraction of sp³-hybridized carbons (Fsp3) is 0.412. The zero-order valence-electron chi connectivity index (χ0n) is 12.2. The number of hydrogen-bond donors (Lipinski definition) is 0. The van der Waals surface area contributed by atoms with Crippen molar-refractivity contribution in [2.75, 3.05) is 0 Å². The molecular weight excluding hydrogens is 250 g/mol. The number of nitrogens with zero attached hydrogens (tertiary/aromatic N) is 1. The lowest BCUT2D eigenvalue weighted by molar-refractivity contribution is 0.0956. The second-order valence-corrected chi connectivity index (χ2v) is 5.62. The van der Waals surface area contributed by atoms with Crippen LogP contribution < -0.4 is 0 Å². The summed E-state index contributed by atoms with van der Waals surface area (Å²) in [5.41, 5.74) is 4.32. The van der Waals surface area contributed by atoms with Gasteiger partial charge < -0.3 is 4.42 Å². The van der Waals surface area contributed by atoms with Crippen molar-refractivity contribution in [1.29, 1.82) is 0 Å². The minimum absolute atomic E-state index is 0.111. The Labute approximate surface area is 119 Å². The molecule has 0 saturated heterocycles. The highest BCUT2D eigenvalue weighted by Crippen LogP contribution is 2.34. The highest BCUT2D eigenvalue weighted by molar-refractivity contribution is 5.96. The van der Waals surface area contributed by atoms with Gasteiger partial charge in [0, 0.05) is 19.3 Å². The van der Waals surface area contributed by atoms with Gasteiger partial charge in [-0.15, -0.1) is 0 Å². The molecule has 0 spiro atoms. The maximum atomic E-state index is 12.3. The summed E-state index contributed by atoms with van der Waals surface area (Å²) in [6.07, 6.45) is 2.04. The van der Waals surface area contributed by atoms with Gasteiger partial charge in [-0.3, -0.25) is 4.79 Å². The summed E-state index contributed by atoms with van der Waals surface area (Å²) in [6.45, 7) is 6.19. The molecule has 0 bridgehead atoms. The Kier molecular flexibility index (Phi) is 3.20. The van der Waals surface area contributed by atoms with Gasteiger partial charge in [0.15, 0.2) is 11.7 Å². The van der Waals surface area contributed by atoms with Crippen LogP contribution in [0.5, 0.6) is 0 Å². The Morgan fingerprint density at radius 3 is 2.80 bits per heavy atom. The molecule has 1 aliphatic rings. The normalized spacial score (nSPS) is 18.1. The number of aryl methyl sites for hydroxylation is 3. The van der Waals surface area contributed by atoms with Crippen molar-refractivity contribution in [2.45, 2.75) is 46.0 Å². The number of benzene rings is 1. The van der Waals surface area contributed by atoms with Crippen molar-refractivity contribution >= 4 is 5.78 Å². The summed E-state index contributed by atoms with van der Waals surface area (Å²) in [5, 5.41) is 0. The molecule has 20 heavy (non-hydrogen) atoms. The highest BCUT2D eigenvalue weighted by atomic mass is 16.4. The molecular formula is C17H19NO2. The number of carbonyl (C=O) groups is 1. The molecule has 2 aromatic rings. The van der Waals surface area contributed by atoms with Crippen LogP contribution in [0.15, 0.2) is 22.6 Å². The van der Waals surface area contributed by atoms with Gasteiger partial charge in [0.25, 0.3) is 0 Å². The fourth-order valence-electron chi connectivity index (χ4n) is 3.03. The van der Waals surface area contributed by atoms with Crippen LogP contribution in [-0.2, 0) is 12.8 Å². The van der Waals surface area contributed by atoms with Gasteiger partial charge in [-0.2, -0.15) is 0 Å². The quantitative estimate of drug-likeness (QED) is 0.833. The van der Waals surface area contributed by atoms with E-state index in [-0.39, 0.29) is 11.7 Å². The van der Waals surface area contributed by atoms with Gasteiger partial charge in [0.05, 0.1) is 0 Å². The first-order chi connectivity index (χ1) is 9.58. The molecule has 104 valence electrons. The number of fused-ring (bicyclic) bond motifs is 1. The number of Topliss-reactive ketones (excluding diaryl/α,β-unsaturated/α-hetero) is 1. The van der Waals surface area contributed by atoms with Crippen molar-refractivity contribution in [3.05, 3.63) is 52.2 Å². The zero-order chi connectivity index (χ0) is 14.3. The minimum atomic E-state index is 0.111. The SMILES string of the molecule is CCc1nc2c(o1)C[C@H](c1ccc(C)cc1C)CC2=O. The Morgan fingerprint density at radius 2 is 2.10 bits per heavy atom. The number of rotatable bonds is 2. The molecule has 1 aromatic carbocycles. The molecule has 3 nitrogen and oxygen atoms in total. The summed E-state index contributed by atoms with van der Waals surface area (Å²) in [6, 6.07) is 6.43. The van der Waals surface area contributed by atoms with E-state index < -0.39 is 0 Å². The van der Waals surface area contributed by atoms with E-state index in [4.69, 9.17) is 4.42 Å². The van der Waals surface area contributed by atoms with Crippen LogP contribution in [0.1, 0.15) is 58.1 Å². The largest absolute Gasteiger partial charge is 0.445 e. The topological polar surface area (TPSA) is 43.1 Å². The fourth-order valence-corrected chi connectivity index (χ4v) is 3.03. The molecule has 1 aliphatic carbocycles. The van der Waals surface area contributed by atoms with Crippen LogP contribution in [-0.4, -0.2) is 10.8 Å². The van der Waals surface area contributed by atoms with E-state index in [2.05, 4.69) is 37.0 Å². The molecule has 1 heterocycles. The van der Waals surface area contributed by atoms with E-state index in [0.717, 1.165) is 18.6 Å². The number of oxazole rings is 1. The van der Waals surface area contributed by atoms with Crippen LogP contribution in [0.3, 0.4) is 0 Å². The third-order valence-electron chi connectivity index (χ3n) is 4.04. The van der Waals surface area contributed by atoms with Crippen LogP contribution >= 0.6 is 0 Å². The lowest BCUT2D eigenvalue weighted by Gasteiger charge is -2.21. The van der Waals surface area contributed by atoms with Gasteiger partial charge in [0.1, 0.15) is 11.5 Å². The average Bonchev–Trinajstić information content (AvgIpc) is 2.82. The second kappa shape index (κ2) is 4.89. The smallest absolute Gasteiger partial charge is 0.194 e. The number of aromatic nitrogens is 1. The van der Waals surface area contributed by atoms with Gasteiger partial charge in [0.2, 0.25) is 0 Å². The van der Waals surface area contributed by atoms with Gasteiger partial charge >= 0.3 is 0 Å².